The third kappa shape index (κ3) is 5.10. The zero-order valence-electron chi connectivity index (χ0n) is 20.9. The summed E-state index contributed by atoms with van der Waals surface area (Å²) in [7, 11) is 1.41. The molecule has 0 aliphatic heterocycles. The molecule has 0 unspecified atom stereocenters. The van der Waals surface area contributed by atoms with Gasteiger partial charge < -0.3 is 9.84 Å². The predicted octanol–water partition coefficient (Wildman–Crippen LogP) is 6.25. The lowest BCUT2D eigenvalue weighted by molar-refractivity contribution is -0.376. The lowest BCUT2D eigenvalue weighted by Crippen LogP contribution is -2.54. The van der Waals surface area contributed by atoms with Crippen LogP contribution in [0.25, 0.3) is 16.6 Å². The zero-order chi connectivity index (χ0) is 28.6. The van der Waals surface area contributed by atoms with Crippen LogP contribution in [0.1, 0.15) is 35.9 Å². The van der Waals surface area contributed by atoms with Gasteiger partial charge in [0, 0.05) is 12.0 Å². The van der Waals surface area contributed by atoms with E-state index in [9.17, 15) is 36.2 Å². The second-order valence-corrected chi connectivity index (χ2v) is 9.01. The highest BCUT2D eigenvalue weighted by atomic mass is 19.4. The number of aromatic nitrogens is 2. The largest absolute Gasteiger partial charge is 0.497 e. The number of nitrogens with zero attached hydrogens (tertiary/aromatic N) is 2. The molecular formula is C28H24F6N2O3. The van der Waals surface area contributed by atoms with Gasteiger partial charge in [-0.05, 0) is 41.8 Å². The Morgan fingerprint density at radius 1 is 0.923 bits per heavy atom. The van der Waals surface area contributed by atoms with Crippen molar-refractivity contribution in [2.24, 2.45) is 0 Å². The van der Waals surface area contributed by atoms with E-state index in [1.54, 1.807) is 49.4 Å². The van der Waals surface area contributed by atoms with Crippen LogP contribution in [0.5, 0.6) is 5.75 Å². The summed E-state index contributed by atoms with van der Waals surface area (Å²) in [5, 5.41) is 10.1. The predicted molar refractivity (Wildman–Crippen MR) is 133 cm³/mol. The number of alkyl halides is 6. The lowest BCUT2D eigenvalue weighted by Gasteiger charge is -2.33. The van der Waals surface area contributed by atoms with E-state index in [1.165, 1.54) is 17.7 Å². The topological polar surface area (TPSA) is 64.3 Å². The summed E-state index contributed by atoms with van der Waals surface area (Å²) >= 11 is 0. The molecule has 206 valence electrons. The van der Waals surface area contributed by atoms with Crippen molar-refractivity contribution in [2.45, 2.75) is 44.1 Å². The number of benzene rings is 3. The Kier molecular flexibility index (Phi) is 7.48. The maximum Gasteiger partial charge on any atom is 0.430 e. The molecule has 0 aliphatic rings. The molecule has 0 amide bonds. The Balaban J connectivity index is 2.03. The molecule has 4 aromatic rings. The van der Waals surface area contributed by atoms with Gasteiger partial charge >= 0.3 is 12.4 Å². The Labute approximate surface area is 219 Å². The van der Waals surface area contributed by atoms with Crippen LogP contribution in [0, 0.1) is 0 Å². The second-order valence-electron chi connectivity index (χ2n) is 9.01. The molecule has 0 bridgehead atoms. The summed E-state index contributed by atoms with van der Waals surface area (Å²) in [6.07, 6.45) is -11.5. The van der Waals surface area contributed by atoms with E-state index in [2.05, 4.69) is 4.98 Å². The smallest absolute Gasteiger partial charge is 0.430 e. The molecule has 0 radical (unpaired) electrons. The number of aliphatic hydroxyl groups is 1. The minimum absolute atomic E-state index is 0.0161. The molecule has 1 heterocycles. The second kappa shape index (κ2) is 10.4. The molecule has 1 N–H and O–H groups in total. The number of hydrogen-bond acceptors (Lipinski definition) is 4. The average molecular weight is 550 g/mol. The first-order valence-electron chi connectivity index (χ1n) is 11.9. The van der Waals surface area contributed by atoms with Crippen molar-refractivity contribution in [3.05, 3.63) is 99.6 Å². The van der Waals surface area contributed by atoms with Gasteiger partial charge in [-0.25, -0.2) is 4.98 Å². The molecule has 1 aromatic heterocycles. The summed E-state index contributed by atoms with van der Waals surface area (Å²) in [5.41, 5.74) is -5.83. The molecule has 11 heteroatoms. The van der Waals surface area contributed by atoms with Crippen molar-refractivity contribution in [3.8, 4) is 11.4 Å². The minimum atomic E-state index is -6.04. The Morgan fingerprint density at radius 2 is 1.59 bits per heavy atom. The monoisotopic (exact) mass is 550 g/mol. The van der Waals surface area contributed by atoms with Gasteiger partial charge in [-0.3, -0.25) is 9.36 Å². The SMILES string of the molecule is CCCc1cc(C(O)(C(F)(F)F)C(F)(F)F)ccc1-n1c(Cc2ccccc2)nc2ccc(OC)cc2c1=O. The van der Waals surface area contributed by atoms with E-state index < -0.39 is 29.1 Å². The fraction of sp³-hybridized carbons (Fsp3) is 0.286. The van der Waals surface area contributed by atoms with E-state index in [1.807, 2.05) is 0 Å². The van der Waals surface area contributed by atoms with Crippen molar-refractivity contribution >= 4 is 10.9 Å². The normalized spacial score (nSPS) is 12.6. The van der Waals surface area contributed by atoms with E-state index in [0.29, 0.717) is 29.8 Å². The van der Waals surface area contributed by atoms with Gasteiger partial charge in [0.2, 0.25) is 0 Å². The third-order valence-electron chi connectivity index (χ3n) is 6.43. The van der Waals surface area contributed by atoms with Gasteiger partial charge in [-0.2, -0.15) is 26.3 Å². The third-order valence-corrected chi connectivity index (χ3v) is 6.43. The number of aryl methyl sites for hydroxylation is 1. The Hall–Kier alpha value is -3.86. The highest BCUT2D eigenvalue weighted by Crippen LogP contribution is 2.50. The van der Waals surface area contributed by atoms with Gasteiger partial charge in [-0.1, -0.05) is 55.8 Å². The summed E-state index contributed by atoms with van der Waals surface area (Å²) < 4.78 is 88.0. The quantitative estimate of drug-likeness (QED) is 0.277. The van der Waals surface area contributed by atoms with Gasteiger partial charge in [0.1, 0.15) is 11.6 Å². The van der Waals surface area contributed by atoms with Crippen LogP contribution in [0.3, 0.4) is 0 Å². The van der Waals surface area contributed by atoms with Crippen LogP contribution in [-0.4, -0.2) is 34.1 Å². The van der Waals surface area contributed by atoms with Gasteiger partial charge in [-0.15, -0.1) is 0 Å². The number of hydrogen-bond donors (Lipinski definition) is 1. The summed E-state index contributed by atoms with van der Waals surface area (Å²) in [6.45, 7) is 1.69. The van der Waals surface area contributed by atoms with Crippen LogP contribution < -0.4 is 10.3 Å². The molecule has 4 rings (SSSR count). The number of halogens is 6. The van der Waals surface area contributed by atoms with Gasteiger partial charge in [0.15, 0.2) is 0 Å². The summed E-state index contributed by atoms with van der Waals surface area (Å²) in [5.74, 6) is 0.601. The van der Waals surface area contributed by atoms with Crippen molar-refractivity contribution in [2.75, 3.05) is 7.11 Å². The molecule has 0 atom stereocenters. The first-order chi connectivity index (χ1) is 18.3. The standard InChI is InChI=1S/C28H24F6N2O3/c1-3-7-18-15-19(26(38,27(29,30)31)28(32,33)34)10-13-23(18)36-24(14-17-8-5-4-6-9-17)35-22-12-11-20(39-2)16-21(22)25(36)37/h4-6,8-13,15-16,38H,3,7,14H2,1-2H3. The number of rotatable bonds is 7. The maximum atomic E-state index is 13.8. The van der Waals surface area contributed by atoms with E-state index in [-0.39, 0.29) is 35.3 Å². The van der Waals surface area contributed by atoms with Crippen molar-refractivity contribution < 1.29 is 36.2 Å². The molecule has 0 fully saturated rings. The number of fused-ring (bicyclic) bond motifs is 1. The summed E-state index contributed by atoms with van der Waals surface area (Å²) in [6, 6.07) is 15.9. The molecular weight excluding hydrogens is 526 g/mol. The van der Waals surface area contributed by atoms with Gasteiger partial charge in [0.05, 0.1) is 23.7 Å². The highest BCUT2D eigenvalue weighted by molar-refractivity contribution is 5.80. The molecule has 0 saturated carbocycles. The first kappa shape index (κ1) is 28.2. The van der Waals surface area contributed by atoms with Gasteiger partial charge in [0.25, 0.3) is 11.2 Å². The summed E-state index contributed by atoms with van der Waals surface area (Å²) in [4.78, 5) is 18.5. The number of methoxy groups -OCH3 is 1. The van der Waals surface area contributed by atoms with Crippen LogP contribution >= 0.6 is 0 Å². The maximum absolute atomic E-state index is 13.8. The molecule has 39 heavy (non-hydrogen) atoms. The van der Waals surface area contributed by atoms with E-state index in [4.69, 9.17) is 4.74 Å². The fourth-order valence-corrected chi connectivity index (χ4v) is 4.47. The van der Waals surface area contributed by atoms with Crippen molar-refractivity contribution in [3.63, 3.8) is 0 Å². The zero-order valence-corrected chi connectivity index (χ0v) is 20.9. The lowest BCUT2D eigenvalue weighted by atomic mass is 9.89. The molecule has 0 aliphatic carbocycles. The van der Waals surface area contributed by atoms with Crippen LogP contribution in [-0.2, 0) is 18.4 Å². The highest BCUT2D eigenvalue weighted by Gasteiger charge is 2.71. The first-order valence-corrected chi connectivity index (χ1v) is 11.9. The van der Waals surface area contributed by atoms with E-state index in [0.717, 1.165) is 11.6 Å². The molecule has 0 saturated heterocycles. The fourth-order valence-electron chi connectivity index (χ4n) is 4.47. The Bertz CT molecular complexity index is 1530. The van der Waals surface area contributed by atoms with Crippen molar-refractivity contribution in [1.29, 1.82) is 0 Å². The van der Waals surface area contributed by atoms with Crippen LogP contribution in [0.2, 0.25) is 0 Å². The number of ether oxygens (including phenoxy) is 1. The molecule has 5 nitrogen and oxygen atoms in total. The minimum Gasteiger partial charge on any atom is -0.497 e. The van der Waals surface area contributed by atoms with Crippen LogP contribution in [0.15, 0.2) is 71.5 Å². The van der Waals surface area contributed by atoms with E-state index >= 15 is 0 Å². The molecule has 0 spiro atoms. The van der Waals surface area contributed by atoms with Crippen molar-refractivity contribution in [1.82, 2.24) is 9.55 Å². The Morgan fingerprint density at radius 3 is 2.18 bits per heavy atom. The average Bonchev–Trinajstić information content (AvgIpc) is 2.88. The molecule has 3 aromatic carbocycles. The van der Waals surface area contributed by atoms with Crippen LogP contribution in [0.4, 0.5) is 26.3 Å².